The number of hydrogen-bond acceptors (Lipinski definition) is 5. The summed E-state index contributed by atoms with van der Waals surface area (Å²) in [6.07, 6.45) is 1.39. The van der Waals surface area contributed by atoms with Crippen LogP contribution in [0.1, 0.15) is 44.8 Å². The molecule has 0 aliphatic carbocycles. The molecule has 1 fully saturated rings. The van der Waals surface area contributed by atoms with E-state index >= 15 is 0 Å². The molecule has 3 heterocycles. The zero-order chi connectivity index (χ0) is 23.6. The van der Waals surface area contributed by atoms with E-state index in [1.54, 1.807) is 18.3 Å². The molecular weight excluding hydrogens is 466 g/mol. The van der Waals surface area contributed by atoms with Crippen molar-refractivity contribution in [1.82, 2.24) is 20.2 Å². The van der Waals surface area contributed by atoms with Crippen LogP contribution in [0, 0.1) is 13.8 Å². The zero-order valence-electron chi connectivity index (χ0n) is 18.4. The van der Waals surface area contributed by atoms with Gasteiger partial charge in [-0.05, 0) is 38.1 Å². The lowest BCUT2D eigenvalue weighted by Gasteiger charge is -2.37. The number of carbonyl (C=O) groups is 1. The molecule has 0 saturated carbocycles. The van der Waals surface area contributed by atoms with E-state index in [9.17, 15) is 13.6 Å². The number of piperidine rings is 1. The highest BCUT2D eigenvalue weighted by Gasteiger charge is 2.37. The number of alkyl halides is 2. The van der Waals surface area contributed by atoms with Crippen LogP contribution in [0.2, 0.25) is 5.02 Å². The first-order valence-electron chi connectivity index (χ1n) is 10.8. The monoisotopic (exact) mass is 490 g/mol. The third-order valence-electron chi connectivity index (χ3n) is 5.79. The highest BCUT2D eigenvalue weighted by molar-refractivity contribution is 7.11. The quantitative estimate of drug-likeness (QED) is 0.483. The maximum absolute atomic E-state index is 13.7. The van der Waals surface area contributed by atoms with E-state index < -0.39 is 5.92 Å². The number of halogens is 3. The molecule has 1 atom stereocenters. The lowest BCUT2D eigenvalue weighted by molar-refractivity contribution is -0.0629. The minimum Gasteiger partial charge on any atom is -0.350 e. The van der Waals surface area contributed by atoms with E-state index in [1.165, 1.54) is 11.3 Å². The van der Waals surface area contributed by atoms with E-state index in [2.05, 4.69) is 15.3 Å². The standard InChI is InChI=1S/C24H25ClF2N4OS/c1-15-4-3-5-20(30-15)17-6-7-19(25)18(12-17)23(32)29-13-21(22-14-28-16(2)33-22)31-10-8-24(26,27)9-11-31/h3-7,12,14,21H,8-11,13H2,1-2H3,(H,29,32). The van der Waals surface area contributed by atoms with Crippen molar-refractivity contribution in [2.24, 2.45) is 0 Å². The Bertz CT molecular complexity index is 1140. The van der Waals surface area contributed by atoms with Gasteiger partial charge in [0, 0.05) is 54.8 Å². The number of nitrogens with zero attached hydrogens (tertiary/aromatic N) is 3. The third-order valence-corrected chi connectivity index (χ3v) is 7.13. The summed E-state index contributed by atoms with van der Waals surface area (Å²) in [5.74, 6) is -2.95. The van der Waals surface area contributed by atoms with Crippen molar-refractivity contribution in [2.75, 3.05) is 19.6 Å². The summed E-state index contributed by atoms with van der Waals surface area (Å²) in [7, 11) is 0. The summed E-state index contributed by atoms with van der Waals surface area (Å²) >= 11 is 7.86. The minimum absolute atomic E-state index is 0.188. The number of amides is 1. The van der Waals surface area contributed by atoms with Gasteiger partial charge in [0.2, 0.25) is 0 Å². The highest BCUT2D eigenvalue weighted by Crippen LogP contribution is 2.34. The molecule has 1 amide bonds. The number of rotatable bonds is 6. The molecule has 5 nitrogen and oxygen atoms in total. The SMILES string of the molecule is Cc1cccc(-c2ccc(Cl)c(C(=O)NCC(c3cnc(C)s3)N3CCC(F)(F)CC3)c2)n1. The fourth-order valence-corrected chi connectivity index (χ4v) is 5.08. The van der Waals surface area contributed by atoms with Gasteiger partial charge in [-0.3, -0.25) is 14.7 Å². The largest absolute Gasteiger partial charge is 0.350 e. The molecule has 2 aromatic heterocycles. The number of thiazole rings is 1. The average Bonchev–Trinajstić information content (AvgIpc) is 3.21. The van der Waals surface area contributed by atoms with Gasteiger partial charge in [-0.25, -0.2) is 13.8 Å². The van der Waals surface area contributed by atoms with Crippen LogP contribution >= 0.6 is 22.9 Å². The van der Waals surface area contributed by atoms with Crippen LogP contribution in [0.4, 0.5) is 8.78 Å². The van der Waals surface area contributed by atoms with Crippen LogP contribution in [-0.2, 0) is 0 Å². The molecule has 1 saturated heterocycles. The smallest absolute Gasteiger partial charge is 0.252 e. The van der Waals surface area contributed by atoms with Gasteiger partial charge in [-0.15, -0.1) is 11.3 Å². The number of aromatic nitrogens is 2. The summed E-state index contributed by atoms with van der Waals surface area (Å²) in [5.41, 5.74) is 2.78. The Kier molecular flexibility index (Phi) is 7.07. The molecular formula is C24H25ClF2N4OS. The Morgan fingerprint density at radius 3 is 2.67 bits per heavy atom. The van der Waals surface area contributed by atoms with Crippen LogP contribution in [0.3, 0.4) is 0 Å². The van der Waals surface area contributed by atoms with E-state index in [0.29, 0.717) is 10.6 Å². The molecule has 9 heteroatoms. The Morgan fingerprint density at radius 1 is 1.24 bits per heavy atom. The fourth-order valence-electron chi connectivity index (χ4n) is 3.95. The molecule has 4 rings (SSSR count). The Labute approximate surface area is 200 Å². The van der Waals surface area contributed by atoms with Crippen molar-refractivity contribution in [2.45, 2.75) is 38.7 Å². The molecule has 0 radical (unpaired) electrons. The van der Waals surface area contributed by atoms with Gasteiger partial charge in [0.1, 0.15) is 0 Å². The molecule has 1 aliphatic rings. The summed E-state index contributed by atoms with van der Waals surface area (Å²) in [6.45, 7) is 4.61. The maximum Gasteiger partial charge on any atom is 0.252 e. The Balaban J connectivity index is 1.52. The molecule has 33 heavy (non-hydrogen) atoms. The molecule has 1 unspecified atom stereocenters. The van der Waals surface area contributed by atoms with Gasteiger partial charge in [-0.2, -0.15) is 0 Å². The Hall–Kier alpha value is -2.42. The van der Waals surface area contributed by atoms with Gasteiger partial charge in [-0.1, -0.05) is 23.7 Å². The third kappa shape index (κ3) is 5.75. The number of nitrogens with one attached hydrogen (secondary N) is 1. The number of aryl methyl sites for hydroxylation is 2. The number of benzene rings is 1. The van der Waals surface area contributed by atoms with Crippen molar-refractivity contribution in [3.05, 3.63) is 68.8 Å². The van der Waals surface area contributed by atoms with Gasteiger partial charge >= 0.3 is 0 Å². The summed E-state index contributed by atoms with van der Waals surface area (Å²) in [4.78, 5) is 24.9. The van der Waals surface area contributed by atoms with Gasteiger partial charge < -0.3 is 5.32 Å². The molecule has 1 aromatic carbocycles. The van der Waals surface area contributed by atoms with Crippen LogP contribution in [0.15, 0.2) is 42.6 Å². The summed E-state index contributed by atoms with van der Waals surface area (Å²) in [6, 6.07) is 10.7. The topological polar surface area (TPSA) is 58.1 Å². The van der Waals surface area contributed by atoms with Gasteiger partial charge in [0.15, 0.2) is 0 Å². The second-order valence-electron chi connectivity index (χ2n) is 8.26. The second-order valence-corrected chi connectivity index (χ2v) is 9.93. The molecule has 1 N–H and O–H groups in total. The molecule has 0 bridgehead atoms. The number of pyridine rings is 1. The molecule has 1 aliphatic heterocycles. The van der Waals surface area contributed by atoms with Crippen molar-refractivity contribution in [3.63, 3.8) is 0 Å². The predicted molar refractivity (Wildman–Crippen MR) is 127 cm³/mol. The number of hydrogen-bond donors (Lipinski definition) is 1. The van der Waals surface area contributed by atoms with Crippen LogP contribution in [0.5, 0.6) is 0 Å². The van der Waals surface area contributed by atoms with Crippen LogP contribution in [-0.4, -0.2) is 46.3 Å². The number of carbonyl (C=O) groups excluding carboxylic acids is 1. The van der Waals surface area contributed by atoms with Crippen LogP contribution < -0.4 is 5.32 Å². The summed E-state index contributed by atoms with van der Waals surface area (Å²) < 4.78 is 27.4. The normalized spacial score (nSPS) is 17.0. The fraction of sp³-hybridized carbons (Fsp3) is 0.375. The first kappa shape index (κ1) is 23.7. The van der Waals surface area contributed by atoms with Gasteiger partial charge in [0.25, 0.3) is 11.8 Å². The van der Waals surface area contributed by atoms with Crippen molar-refractivity contribution in [1.29, 1.82) is 0 Å². The maximum atomic E-state index is 13.7. The van der Waals surface area contributed by atoms with Gasteiger partial charge in [0.05, 0.1) is 27.3 Å². The average molecular weight is 491 g/mol. The lowest BCUT2D eigenvalue weighted by atomic mass is 10.0. The van der Waals surface area contributed by atoms with E-state index in [4.69, 9.17) is 11.6 Å². The zero-order valence-corrected chi connectivity index (χ0v) is 20.0. The van der Waals surface area contributed by atoms with Crippen molar-refractivity contribution in [3.8, 4) is 11.3 Å². The summed E-state index contributed by atoms with van der Waals surface area (Å²) in [5, 5.41) is 4.19. The van der Waals surface area contributed by atoms with E-state index in [-0.39, 0.29) is 44.4 Å². The minimum atomic E-state index is -2.63. The molecule has 0 spiro atoms. The number of likely N-dealkylation sites (tertiary alicyclic amines) is 1. The van der Waals surface area contributed by atoms with E-state index in [0.717, 1.165) is 26.8 Å². The lowest BCUT2D eigenvalue weighted by Crippen LogP contribution is -2.44. The van der Waals surface area contributed by atoms with E-state index in [1.807, 2.05) is 43.0 Å². The predicted octanol–water partition coefficient (Wildman–Crippen LogP) is 5.68. The van der Waals surface area contributed by atoms with Crippen molar-refractivity contribution >= 4 is 28.8 Å². The van der Waals surface area contributed by atoms with Crippen molar-refractivity contribution < 1.29 is 13.6 Å². The first-order chi connectivity index (χ1) is 15.7. The first-order valence-corrected chi connectivity index (χ1v) is 12.0. The van der Waals surface area contributed by atoms with Crippen LogP contribution in [0.25, 0.3) is 11.3 Å². The molecule has 3 aromatic rings. The highest BCUT2D eigenvalue weighted by atomic mass is 35.5. The second kappa shape index (κ2) is 9.83. The molecule has 174 valence electrons. The Morgan fingerprint density at radius 2 is 2.00 bits per heavy atom.